The fourth-order valence-electron chi connectivity index (χ4n) is 2.56. The lowest BCUT2D eigenvalue weighted by atomic mass is 10.1. The minimum atomic E-state index is -3.44. The number of benzene rings is 1. The van der Waals surface area contributed by atoms with Crippen molar-refractivity contribution in [1.29, 1.82) is 0 Å². The van der Waals surface area contributed by atoms with Crippen molar-refractivity contribution in [1.82, 2.24) is 4.72 Å². The molecule has 6 heteroatoms. The molecule has 0 aliphatic carbocycles. The summed E-state index contributed by atoms with van der Waals surface area (Å²) in [5.41, 5.74) is 2.03. The van der Waals surface area contributed by atoms with Gasteiger partial charge in [0.2, 0.25) is 10.0 Å². The Balaban J connectivity index is 2.18. The first kappa shape index (κ1) is 16.0. The third-order valence-corrected chi connectivity index (χ3v) is 5.17. The second-order valence-corrected chi connectivity index (χ2v) is 7.10. The van der Waals surface area contributed by atoms with E-state index < -0.39 is 16.1 Å². The van der Waals surface area contributed by atoms with Crippen molar-refractivity contribution in [3.8, 4) is 0 Å². The van der Waals surface area contributed by atoms with Crippen molar-refractivity contribution in [3.63, 3.8) is 0 Å². The monoisotopic (exact) mass is 310 g/mol. The molecule has 0 fully saturated rings. The van der Waals surface area contributed by atoms with Gasteiger partial charge in [0.05, 0.1) is 11.0 Å². The van der Waals surface area contributed by atoms with Gasteiger partial charge in [-0.2, -0.15) is 0 Å². The van der Waals surface area contributed by atoms with Gasteiger partial charge in [0, 0.05) is 18.8 Å². The van der Waals surface area contributed by atoms with Crippen LogP contribution in [0.25, 0.3) is 0 Å². The average molecular weight is 310 g/mol. The summed E-state index contributed by atoms with van der Waals surface area (Å²) in [6.07, 6.45) is 3.68. The van der Waals surface area contributed by atoms with Gasteiger partial charge in [-0.25, -0.2) is 13.1 Å². The van der Waals surface area contributed by atoms with Crippen molar-refractivity contribution < 1.29 is 13.5 Å². The molecular weight excluding hydrogens is 288 g/mol. The van der Waals surface area contributed by atoms with Crippen molar-refractivity contribution in [2.75, 3.05) is 25.0 Å². The number of sulfonamides is 1. The largest absolute Gasteiger partial charge is 0.391 e. The van der Waals surface area contributed by atoms with Gasteiger partial charge in [0.1, 0.15) is 0 Å². The quantitative estimate of drug-likeness (QED) is 0.745. The van der Waals surface area contributed by atoms with Crippen molar-refractivity contribution in [3.05, 3.63) is 36.4 Å². The van der Waals surface area contributed by atoms with E-state index in [1.165, 1.54) is 7.05 Å². The number of allylic oxidation sites excluding steroid dienone is 1. The van der Waals surface area contributed by atoms with Gasteiger partial charge in [-0.15, -0.1) is 6.58 Å². The number of aliphatic hydroxyl groups is 1. The van der Waals surface area contributed by atoms with Gasteiger partial charge in [0.25, 0.3) is 0 Å². The molecule has 1 aromatic carbocycles. The molecule has 0 bridgehead atoms. The summed E-state index contributed by atoms with van der Waals surface area (Å²) >= 11 is 0. The minimum absolute atomic E-state index is 0.260. The summed E-state index contributed by atoms with van der Waals surface area (Å²) in [6, 6.07) is 5.17. The molecule has 116 valence electrons. The molecule has 1 atom stereocenters. The van der Waals surface area contributed by atoms with Crippen LogP contribution in [0.2, 0.25) is 0 Å². The van der Waals surface area contributed by atoms with Crippen molar-refractivity contribution in [2.45, 2.75) is 30.3 Å². The number of fused-ring (bicyclic) bond motifs is 1. The summed E-state index contributed by atoms with van der Waals surface area (Å²) in [5, 5.41) is 10.0. The smallest absolute Gasteiger partial charge is 0.240 e. The minimum Gasteiger partial charge on any atom is -0.391 e. The second-order valence-electron chi connectivity index (χ2n) is 5.21. The lowest BCUT2D eigenvalue weighted by Crippen LogP contribution is -2.31. The van der Waals surface area contributed by atoms with E-state index in [2.05, 4.69) is 16.2 Å². The predicted octanol–water partition coefficient (Wildman–Crippen LogP) is 1.28. The summed E-state index contributed by atoms with van der Waals surface area (Å²) < 4.78 is 26.1. The molecule has 0 amide bonds. The molecule has 1 unspecified atom stereocenters. The first-order valence-corrected chi connectivity index (χ1v) is 8.56. The molecule has 2 N–H and O–H groups in total. The number of β-amino-alcohol motifs (C(OH)–C–C–N with tert-alkyl or cyclic N) is 1. The second kappa shape index (κ2) is 6.60. The van der Waals surface area contributed by atoms with Crippen LogP contribution in [0.4, 0.5) is 5.69 Å². The third-order valence-electron chi connectivity index (χ3n) is 3.76. The summed E-state index contributed by atoms with van der Waals surface area (Å²) in [7, 11) is -2.04. The Bertz CT molecular complexity index is 613. The maximum atomic E-state index is 11.9. The average Bonchev–Trinajstić information content (AvgIpc) is 2.87. The number of nitrogens with zero attached hydrogens (tertiary/aromatic N) is 1. The maximum absolute atomic E-state index is 11.9. The van der Waals surface area contributed by atoms with E-state index in [0.29, 0.717) is 13.0 Å². The maximum Gasteiger partial charge on any atom is 0.240 e. The van der Waals surface area contributed by atoms with E-state index in [-0.39, 0.29) is 4.90 Å². The molecule has 1 heterocycles. The highest BCUT2D eigenvalue weighted by Gasteiger charge is 2.23. The third kappa shape index (κ3) is 3.64. The highest BCUT2D eigenvalue weighted by molar-refractivity contribution is 7.89. The molecule has 5 nitrogen and oxygen atoms in total. The van der Waals surface area contributed by atoms with Crippen LogP contribution in [-0.2, 0) is 16.4 Å². The van der Waals surface area contributed by atoms with Gasteiger partial charge in [-0.3, -0.25) is 0 Å². The van der Waals surface area contributed by atoms with Crippen molar-refractivity contribution in [2.24, 2.45) is 0 Å². The van der Waals surface area contributed by atoms with Gasteiger partial charge in [0.15, 0.2) is 0 Å². The van der Waals surface area contributed by atoms with Crippen LogP contribution >= 0.6 is 0 Å². The lowest BCUT2D eigenvalue weighted by molar-refractivity contribution is 0.171. The number of rotatable bonds is 7. The zero-order valence-corrected chi connectivity index (χ0v) is 13.1. The number of nitrogens with one attached hydrogen (secondary N) is 1. The fraction of sp³-hybridized carbons (Fsp3) is 0.467. The molecule has 0 radical (unpaired) electrons. The van der Waals surface area contributed by atoms with Crippen LogP contribution < -0.4 is 9.62 Å². The molecule has 1 aliphatic heterocycles. The van der Waals surface area contributed by atoms with Crippen molar-refractivity contribution >= 4 is 15.7 Å². The molecule has 0 saturated heterocycles. The number of aliphatic hydroxyl groups excluding tert-OH is 1. The molecule has 2 rings (SSSR count). The molecule has 21 heavy (non-hydrogen) atoms. The molecule has 1 aromatic rings. The highest BCUT2D eigenvalue weighted by Crippen LogP contribution is 2.30. The zero-order valence-electron chi connectivity index (χ0n) is 12.2. The number of hydrogen-bond donors (Lipinski definition) is 2. The van der Waals surface area contributed by atoms with Gasteiger partial charge < -0.3 is 10.0 Å². The normalized spacial score (nSPS) is 15.8. The SMILES string of the molecule is C=CCCC(O)CN1CCc2ccc(S(=O)(=O)NC)cc21. The van der Waals surface area contributed by atoms with E-state index >= 15 is 0 Å². The zero-order chi connectivity index (χ0) is 15.5. The predicted molar refractivity (Wildman–Crippen MR) is 84.0 cm³/mol. The van der Waals surface area contributed by atoms with Crippen LogP contribution in [0, 0.1) is 0 Å². The summed E-state index contributed by atoms with van der Waals surface area (Å²) in [5.74, 6) is 0. The van der Waals surface area contributed by atoms with Crippen LogP contribution in [0.1, 0.15) is 18.4 Å². The Morgan fingerprint density at radius 2 is 2.29 bits per heavy atom. The Labute approximate surface area is 126 Å². The topological polar surface area (TPSA) is 69.6 Å². The number of hydrogen-bond acceptors (Lipinski definition) is 4. The van der Waals surface area contributed by atoms with E-state index in [9.17, 15) is 13.5 Å². The Morgan fingerprint density at radius 3 is 2.95 bits per heavy atom. The summed E-state index contributed by atoms with van der Waals surface area (Å²) in [4.78, 5) is 2.31. The Morgan fingerprint density at radius 1 is 1.52 bits per heavy atom. The van der Waals surface area contributed by atoms with Gasteiger partial charge >= 0.3 is 0 Å². The van der Waals surface area contributed by atoms with Gasteiger partial charge in [-0.05, 0) is 44.0 Å². The summed E-state index contributed by atoms with van der Waals surface area (Å²) in [6.45, 7) is 4.98. The van der Waals surface area contributed by atoms with Crippen LogP contribution in [-0.4, -0.2) is 39.8 Å². The van der Waals surface area contributed by atoms with E-state index in [1.807, 2.05) is 6.07 Å². The highest BCUT2D eigenvalue weighted by atomic mass is 32.2. The molecule has 1 aliphatic rings. The van der Waals surface area contributed by atoms with E-state index in [0.717, 1.165) is 30.6 Å². The fourth-order valence-corrected chi connectivity index (χ4v) is 3.31. The standard InChI is InChI=1S/C15H22N2O3S/c1-3-4-5-13(18)11-17-9-8-12-6-7-14(10-15(12)17)21(19,20)16-2/h3,6-7,10,13,16,18H,1,4-5,8-9,11H2,2H3. The molecular formula is C15H22N2O3S. The first-order valence-electron chi connectivity index (χ1n) is 7.08. The molecule has 0 aromatic heterocycles. The van der Waals surface area contributed by atoms with E-state index in [4.69, 9.17) is 0 Å². The van der Waals surface area contributed by atoms with Crippen LogP contribution in [0.5, 0.6) is 0 Å². The lowest BCUT2D eigenvalue weighted by Gasteiger charge is -2.23. The van der Waals surface area contributed by atoms with Crippen LogP contribution in [0.3, 0.4) is 0 Å². The Kier molecular flexibility index (Phi) is 5.03. The first-order chi connectivity index (χ1) is 9.97. The van der Waals surface area contributed by atoms with Gasteiger partial charge in [-0.1, -0.05) is 12.1 Å². The molecule has 0 saturated carbocycles. The van der Waals surface area contributed by atoms with E-state index in [1.54, 1.807) is 18.2 Å². The Hall–Kier alpha value is -1.37. The number of anilines is 1. The van der Waals surface area contributed by atoms with Crippen LogP contribution in [0.15, 0.2) is 35.7 Å². The molecule has 0 spiro atoms.